The van der Waals surface area contributed by atoms with E-state index in [0.29, 0.717) is 18.8 Å². The Morgan fingerprint density at radius 2 is 1.88 bits per heavy atom. The molecule has 1 atom stereocenters. The van der Waals surface area contributed by atoms with Gasteiger partial charge in [-0.3, -0.25) is 10.1 Å². The lowest BCUT2D eigenvalue weighted by Crippen LogP contribution is -2.30. The minimum Gasteiger partial charge on any atom is -0.468 e. The molecule has 0 spiro atoms. The molecule has 8 heteroatoms. The van der Waals surface area contributed by atoms with Gasteiger partial charge in [0.05, 0.1) is 23.7 Å². The number of rotatable bonds is 7. The fraction of sp³-hybridized carbons (Fsp3) is 0.389. The zero-order chi connectivity index (χ0) is 18.6. The highest BCUT2D eigenvalue weighted by Gasteiger charge is 2.26. The van der Waals surface area contributed by atoms with E-state index in [1.165, 1.54) is 16.4 Å². The molecule has 0 saturated carbocycles. The molecule has 1 aromatic heterocycles. The first-order chi connectivity index (χ1) is 12.5. The van der Waals surface area contributed by atoms with Crippen molar-refractivity contribution in [3.05, 3.63) is 48.4 Å². The Hall–Kier alpha value is -2.16. The Morgan fingerprint density at radius 1 is 1.19 bits per heavy atom. The van der Waals surface area contributed by atoms with Crippen molar-refractivity contribution < 1.29 is 17.6 Å². The topological polar surface area (TPSA) is 91.7 Å². The van der Waals surface area contributed by atoms with Crippen LogP contribution in [0.5, 0.6) is 0 Å². The number of anilines is 1. The molecular formula is C18H23N3O4S. The highest BCUT2D eigenvalue weighted by molar-refractivity contribution is 7.89. The third-order valence-electron chi connectivity index (χ3n) is 4.38. The van der Waals surface area contributed by atoms with E-state index in [4.69, 9.17) is 4.42 Å². The van der Waals surface area contributed by atoms with Crippen molar-refractivity contribution in [3.63, 3.8) is 0 Å². The van der Waals surface area contributed by atoms with Gasteiger partial charge in [-0.2, -0.15) is 4.31 Å². The summed E-state index contributed by atoms with van der Waals surface area (Å²) in [6, 6.07) is 9.84. The average molecular weight is 377 g/mol. The first-order valence-corrected chi connectivity index (χ1v) is 10.1. The summed E-state index contributed by atoms with van der Waals surface area (Å²) in [4.78, 5) is 12.3. The van der Waals surface area contributed by atoms with Crippen molar-refractivity contribution in [1.29, 1.82) is 0 Å². The first kappa shape index (κ1) is 18.6. The number of nitrogens with zero attached hydrogens (tertiary/aromatic N) is 1. The third kappa shape index (κ3) is 4.32. The quantitative estimate of drug-likeness (QED) is 0.773. The van der Waals surface area contributed by atoms with Crippen LogP contribution in [0.3, 0.4) is 0 Å². The van der Waals surface area contributed by atoms with E-state index in [0.717, 1.165) is 18.6 Å². The normalized spacial score (nSPS) is 16.5. The van der Waals surface area contributed by atoms with Gasteiger partial charge in [-0.15, -0.1) is 0 Å². The maximum Gasteiger partial charge on any atom is 0.243 e. The van der Waals surface area contributed by atoms with E-state index < -0.39 is 10.0 Å². The number of furan rings is 1. The summed E-state index contributed by atoms with van der Waals surface area (Å²) in [5, 5.41) is 5.82. The van der Waals surface area contributed by atoms with Gasteiger partial charge in [-0.25, -0.2) is 8.42 Å². The molecule has 7 nitrogen and oxygen atoms in total. The van der Waals surface area contributed by atoms with Crippen molar-refractivity contribution in [2.75, 3.05) is 25.0 Å². The SMILES string of the molecule is C[C@H](NCC(=O)Nc1ccc(S(=O)(=O)N2CCCC2)cc1)c1ccco1. The summed E-state index contributed by atoms with van der Waals surface area (Å²) < 4.78 is 31.7. The van der Waals surface area contributed by atoms with Gasteiger partial charge < -0.3 is 9.73 Å². The van der Waals surface area contributed by atoms with Gasteiger partial charge in [-0.1, -0.05) is 0 Å². The zero-order valence-electron chi connectivity index (χ0n) is 14.6. The lowest BCUT2D eigenvalue weighted by molar-refractivity contribution is -0.115. The van der Waals surface area contributed by atoms with E-state index in [1.807, 2.05) is 13.0 Å². The summed E-state index contributed by atoms with van der Waals surface area (Å²) in [5.41, 5.74) is 0.558. The van der Waals surface area contributed by atoms with Crippen molar-refractivity contribution in [2.24, 2.45) is 0 Å². The summed E-state index contributed by atoms with van der Waals surface area (Å²) in [6.45, 7) is 3.17. The Balaban J connectivity index is 1.54. The molecule has 1 saturated heterocycles. The summed E-state index contributed by atoms with van der Waals surface area (Å²) in [7, 11) is -3.43. The van der Waals surface area contributed by atoms with Crippen LogP contribution in [-0.4, -0.2) is 38.3 Å². The molecule has 1 fully saturated rings. The Kier molecular flexibility index (Phi) is 5.75. The maximum absolute atomic E-state index is 12.5. The van der Waals surface area contributed by atoms with Gasteiger partial charge in [0.1, 0.15) is 5.76 Å². The third-order valence-corrected chi connectivity index (χ3v) is 6.29. The fourth-order valence-electron chi connectivity index (χ4n) is 2.88. The first-order valence-electron chi connectivity index (χ1n) is 8.63. The van der Waals surface area contributed by atoms with E-state index in [2.05, 4.69) is 10.6 Å². The zero-order valence-corrected chi connectivity index (χ0v) is 15.5. The van der Waals surface area contributed by atoms with Crippen LogP contribution in [0, 0.1) is 0 Å². The second kappa shape index (κ2) is 8.03. The van der Waals surface area contributed by atoms with Gasteiger partial charge in [0.25, 0.3) is 0 Å². The Morgan fingerprint density at radius 3 is 2.50 bits per heavy atom. The van der Waals surface area contributed by atoms with Crippen molar-refractivity contribution in [3.8, 4) is 0 Å². The molecule has 2 N–H and O–H groups in total. The largest absolute Gasteiger partial charge is 0.468 e. The van der Waals surface area contributed by atoms with Crippen LogP contribution in [0.25, 0.3) is 0 Å². The Bertz CT molecular complexity index is 826. The van der Waals surface area contributed by atoms with Crippen LogP contribution >= 0.6 is 0 Å². The average Bonchev–Trinajstić information content (AvgIpc) is 3.33. The lowest BCUT2D eigenvalue weighted by Gasteiger charge is -2.16. The predicted molar refractivity (Wildman–Crippen MR) is 98.2 cm³/mol. The number of carbonyl (C=O) groups excluding carboxylic acids is 1. The highest BCUT2D eigenvalue weighted by Crippen LogP contribution is 2.22. The molecular weight excluding hydrogens is 354 g/mol. The smallest absolute Gasteiger partial charge is 0.243 e. The lowest BCUT2D eigenvalue weighted by atomic mass is 10.2. The van der Waals surface area contributed by atoms with E-state index >= 15 is 0 Å². The van der Waals surface area contributed by atoms with E-state index in [-0.39, 0.29) is 23.4 Å². The van der Waals surface area contributed by atoms with Crippen molar-refractivity contribution >= 4 is 21.6 Å². The van der Waals surface area contributed by atoms with Gasteiger partial charge in [0.15, 0.2) is 0 Å². The molecule has 1 aromatic carbocycles. The molecule has 1 amide bonds. The number of carbonyl (C=O) groups is 1. The minimum absolute atomic E-state index is 0.0799. The molecule has 2 aromatic rings. The van der Waals surface area contributed by atoms with Crippen LogP contribution in [0.2, 0.25) is 0 Å². The molecule has 3 rings (SSSR count). The number of hydrogen-bond donors (Lipinski definition) is 2. The molecule has 140 valence electrons. The van der Waals surface area contributed by atoms with E-state index in [9.17, 15) is 13.2 Å². The molecule has 26 heavy (non-hydrogen) atoms. The van der Waals surface area contributed by atoms with Gasteiger partial charge in [0.2, 0.25) is 15.9 Å². The van der Waals surface area contributed by atoms with Crippen molar-refractivity contribution in [1.82, 2.24) is 9.62 Å². The second-order valence-corrected chi connectivity index (χ2v) is 8.24. The maximum atomic E-state index is 12.5. The second-order valence-electron chi connectivity index (χ2n) is 6.30. The van der Waals surface area contributed by atoms with Gasteiger partial charge >= 0.3 is 0 Å². The number of sulfonamides is 1. The molecule has 0 unspecified atom stereocenters. The van der Waals surface area contributed by atoms with Crippen LogP contribution in [-0.2, 0) is 14.8 Å². The molecule has 0 radical (unpaired) electrons. The molecule has 1 aliphatic heterocycles. The van der Waals surface area contributed by atoms with Crippen LogP contribution in [0.4, 0.5) is 5.69 Å². The number of benzene rings is 1. The molecule has 1 aliphatic rings. The summed E-state index contributed by atoms with van der Waals surface area (Å²) in [5.74, 6) is 0.549. The van der Waals surface area contributed by atoms with Gasteiger partial charge in [0, 0.05) is 18.8 Å². The summed E-state index contributed by atoms with van der Waals surface area (Å²) >= 11 is 0. The monoisotopic (exact) mass is 377 g/mol. The Labute approximate surface area is 153 Å². The number of nitrogens with one attached hydrogen (secondary N) is 2. The highest BCUT2D eigenvalue weighted by atomic mass is 32.2. The standard InChI is InChI=1S/C18H23N3O4S/c1-14(17-5-4-12-25-17)19-13-18(22)20-15-6-8-16(9-7-15)26(23,24)21-10-2-3-11-21/h4-9,12,14,19H,2-3,10-11,13H2,1H3,(H,20,22)/t14-/m0/s1. The van der Waals surface area contributed by atoms with Crippen LogP contribution in [0.1, 0.15) is 31.6 Å². The van der Waals surface area contributed by atoms with Crippen LogP contribution in [0.15, 0.2) is 52.0 Å². The number of hydrogen-bond acceptors (Lipinski definition) is 5. The molecule has 2 heterocycles. The minimum atomic E-state index is -3.43. The van der Waals surface area contributed by atoms with E-state index in [1.54, 1.807) is 24.5 Å². The summed E-state index contributed by atoms with van der Waals surface area (Å²) in [6.07, 6.45) is 3.39. The van der Waals surface area contributed by atoms with Crippen LogP contribution < -0.4 is 10.6 Å². The molecule has 0 aliphatic carbocycles. The van der Waals surface area contributed by atoms with Crippen molar-refractivity contribution in [2.45, 2.75) is 30.7 Å². The van der Waals surface area contributed by atoms with Gasteiger partial charge in [-0.05, 0) is 56.2 Å². The predicted octanol–water partition coefficient (Wildman–Crippen LogP) is 2.35. The molecule has 0 bridgehead atoms. The fourth-order valence-corrected chi connectivity index (χ4v) is 4.39. The number of amides is 1.